The molecule has 0 aromatic carbocycles. The first kappa shape index (κ1) is 12.3. The van der Waals surface area contributed by atoms with E-state index in [1.807, 2.05) is 0 Å². The molecular weight excluding hydrogens is 202 g/mol. The fraction of sp³-hybridized carbons (Fsp3) is 1.00. The van der Waals surface area contributed by atoms with Gasteiger partial charge in [0.25, 0.3) is 0 Å². The van der Waals surface area contributed by atoms with Crippen LogP contribution in [0.15, 0.2) is 0 Å². The largest absolute Gasteiger partial charge is 0.361 e. The van der Waals surface area contributed by atoms with Gasteiger partial charge in [-0.05, 0) is 33.2 Å². The van der Waals surface area contributed by atoms with Crippen LogP contribution in [0.25, 0.3) is 0 Å². The molecule has 0 amide bonds. The first-order valence-corrected chi connectivity index (χ1v) is 6.59. The summed E-state index contributed by atoms with van der Waals surface area (Å²) in [5.41, 5.74) is 0. The number of hydrogen-bond acceptors (Lipinski definition) is 4. The third-order valence-corrected chi connectivity index (χ3v) is 3.52. The molecular formula is C12H25N3O. The average molecular weight is 227 g/mol. The number of ether oxygens (including phenoxy) is 1. The molecule has 0 saturated carbocycles. The van der Waals surface area contributed by atoms with Crippen LogP contribution in [-0.4, -0.2) is 49.1 Å². The quantitative estimate of drug-likeness (QED) is 0.746. The lowest BCUT2D eigenvalue weighted by Crippen LogP contribution is -2.68. The van der Waals surface area contributed by atoms with Crippen molar-refractivity contribution in [1.82, 2.24) is 15.5 Å². The fourth-order valence-electron chi connectivity index (χ4n) is 2.78. The molecule has 2 heterocycles. The predicted molar refractivity (Wildman–Crippen MR) is 65.2 cm³/mol. The van der Waals surface area contributed by atoms with Gasteiger partial charge in [0.05, 0.1) is 12.3 Å². The highest BCUT2D eigenvalue weighted by Crippen LogP contribution is 2.20. The first-order valence-electron chi connectivity index (χ1n) is 6.59. The molecule has 2 aliphatic rings. The number of hydrogen-bond donors (Lipinski definition) is 2. The van der Waals surface area contributed by atoms with Crippen LogP contribution >= 0.6 is 0 Å². The van der Waals surface area contributed by atoms with Crippen molar-refractivity contribution in [3.05, 3.63) is 0 Å². The third-order valence-electron chi connectivity index (χ3n) is 3.52. The Bertz CT molecular complexity index is 216. The summed E-state index contributed by atoms with van der Waals surface area (Å²) in [6, 6.07) is 0.598. The smallest absolute Gasteiger partial charge is 0.109 e. The number of likely N-dealkylation sites (N-methyl/N-ethyl adjacent to an activating group) is 1. The Kier molecular flexibility index (Phi) is 4.19. The van der Waals surface area contributed by atoms with Crippen LogP contribution in [-0.2, 0) is 4.74 Å². The minimum atomic E-state index is 0.232. The summed E-state index contributed by atoms with van der Waals surface area (Å²) in [5, 5.41) is 7.23. The van der Waals surface area contributed by atoms with Crippen LogP contribution < -0.4 is 10.6 Å². The Balaban J connectivity index is 1.93. The lowest BCUT2D eigenvalue weighted by atomic mass is 9.99. The Morgan fingerprint density at radius 2 is 2.19 bits per heavy atom. The minimum Gasteiger partial charge on any atom is -0.361 e. The molecule has 0 spiro atoms. The van der Waals surface area contributed by atoms with Crippen LogP contribution in [0.4, 0.5) is 0 Å². The number of fused-ring (bicyclic) bond motifs is 1. The number of piperidine rings is 1. The van der Waals surface area contributed by atoms with Crippen molar-refractivity contribution >= 4 is 0 Å². The molecule has 3 atom stereocenters. The number of nitrogens with zero attached hydrogens (tertiary/aromatic N) is 1. The second-order valence-corrected chi connectivity index (χ2v) is 5.05. The van der Waals surface area contributed by atoms with Crippen LogP contribution in [0.1, 0.15) is 33.6 Å². The Hall–Kier alpha value is -0.160. The average Bonchev–Trinajstić information content (AvgIpc) is 2.27. The summed E-state index contributed by atoms with van der Waals surface area (Å²) < 4.78 is 5.87. The molecule has 94 valence electrons. The van der Waals surface area contributed by atoms with Gasteiger partial charge in [-0.25, -0.2) is 0 Å². The van der Waals surface area contributed by atoms with E-state index in [1.54, 1.807) is 0 Å². The monoisotopic (exact) mass is 227 g/mol. The van der Waals surface area contributed by atoms with Crippen molar-refractivity contribution in [1.29, 1.82) is 0 Å². The molecule has 4 nitrogen and oxygen atoms in total. The second kappa shape index (κ2) is 5.45. The van der Waals surface area contributed by atoms with Crippen LogP contribution in [0.3, 0.4) is 0 Å². The molecule has 3 unspecified atom stereocenters. The summed E-state index contributed by atoms with van der Waals surface area (Å²) in [6.45, 7) is 9.81. The zero-order valence-corrected chi connectivity index (χ0v) is 10.7. The maximum Gasteiger partial charge on any atom is 0.109 e. The van der Waals surface area contributed by atoms with Crippen LogP contribution in [0, 0.1) is 0 Å². The van der Waals surface area contributed by atoms with Gasteiger partial charge in [0.1, 0.15) is 6.23 Å². The molecule has 16 heavy (non-hydrogen) atoms. The van der Waals surface area contributed by atoms with E-state index in [4.69, 9.17) is 4.74 Å². The molecule has 2 saturated heterocycles. The van der Waals surface area contributed by atoms with Gasteiger partial charge in [0.15, 0.2) is 0 Å². The van der Waals surface area contributed by atoms with Crippen molar-refractivity contribution in [2.75, 3.05) is 19.6 Å². The molecule has 2 fully saturated rings. The lowest BCUT2D eigenvalue weighted by Gasteiger charge is -2.47. The molecule has 0 aliphatic carbocycles. The Morgan fingerprint density at radius 1 is 1.38 bits per heavy atom. The third kappa shape index (κ3) is 2.74. The number of nitrogens with one attached hydrogen (secondary N) is 2. The summed E-state index contributed by atoms with van der Waals surface area (Å²) in [6.07, 6.45) is 3.32. The summed E-state index contributed by atoms with van der Waals surface area (Å²) in [5.74, 6) is 0. The van der Waals surface area contributed by atoms with Gasteiger partial charge in [0, 0.05) is 19.1 Å². The van der Waals surface area contributed by atoms with E-state index in [2.05, 4.69) is 36.3 Å². The second-order valence-electron chi connectivity index (χ2n) is 5.05. The van der Waals surface area contributed by atoms with Crippen molar-refractivity contribution in [2.24, 2.45) is 0 Å². The van der Waals surface area contributed by atoms with Crippen molar-refractivity contribution < 1.29 is 4.74 Å². The molecule has 2 rings (SSSR count). The molecule has 2 aliphatic heterocycles. The lowest BCUT2D eigenvalue weighted by molar-refractivity contribution is -0.0717. The van der Waals surface area contributed by atoms with Gasteiger partial charge in [-0.1, -0.05) is 6.92 Å². The maximum absolute atomic E-state index is 5.87. The van der Waals surface area contributed by atoms with E-state index in [9.17, 15) is 0 Å². The zero-order chi connectivity index (χ0) is 11.5. The van der Waals surface area contributed by atoms with E-state index in [1.165, 1.54) is 6.42 Å². The highest BCUT2D eigenvalue weighted by atomic mass is 16.5. The van der Waals surface area contributed by atoms with Gasteiger partial charge in [-0.15, -0.1) is 0 Å². The van der Waals surface area contributed by atoms with Crippen LogP contribution in [0.5, 0.6) is 0 Å². The molecule has 0 bridgehead atoms. The van der Waals surface area contributed by atoms with Gasteiger partial charge < -0.3 is 10.1 Å². The van der Waals surface area contributed by atoms with Gasteiger partial charge >= 0.3 is 0 Å². The number of rotatable bonds is 3. The Morgan fingerprint density at radius 3 is 2.88 bits per heavy atom. The van der Waals surface area contributed by atoms with E-state index in [-0.39, 0.29) is 6.23 Å². The van der Waals surface area contributed by atoms with E-state index >= 15 is 0 Å². The predicted octanol–water partition coefficient (Wildman–Crippen LogP) is 0.741. The van der Waals surface area contributed by atoms with Gasteiger partial charge in [-0.3, -0.25) is 10.2 Å². The zero-order valence-electron chi connectivity index (χ0n) is 10.7. The first-order chi connectivity index (χ1) is 7.70. The van der Waals surface area contributed by atoms with E-state index in [0.29, 0.717) is 18.3 Å². The minimum absolute atomic E-state index is 0.232. The Labute approximate surface area is 98.7 Å². The maximum atomic E-state index is 5.87. The summed E-state index contributed by atoms with van der Waals surface area (Å²) in [4.78, 5) is 2.51. The van der Waals surface area contributed by atoms with Crippen molar-refractivity contribution in [3.63, 3.8) is 0 Å². The standard InChI is InChI=1S/C12H25N3O/c1-4-15-8-7-13-10-5-6-11(14-12(10)15)16-9(2)3/h9-14H,4-8H2,1-3H3. The number of piperazine rings is 1. The normalized spacial score (nSPS) is 36.4. The highest BCUT2D eigenvalue weighted by molar-refractivity contribution is 4.92. The molecule has 4 heteroatoms. The molecule has 2 N–H and O–H groups in total. The highest BCUT2D eigenvalue weighted by Gasteiger charge is 2.35. The van der Waals surface area contributed by atoms with Crippen molar-refractivity contribution in [2.45, 2.75) is 58.2 Å². The molecule has 0 aromatic rings. The summed E-state index contributed by atoms with van der Waals surface area (Å²) in [7, 11) is 0. The topological polar surface area (TPSA) is 36.5 Å². The SMILES string of the molecule is CCN1CCNC2CCC(OC(C)C)NC21. The van der Waals surface area contributed by atoms with E-state index < -0.39 is 0 Å². The van der Waals surface area contributed by atoms with Crippen LogP contribution in [0.2, 0.25) is 0 Å². The molecule has 0 radical (unpaired) electrons. The summed E-state index contributed by atoms with van der Waals surface area (Å²) >= 11 is 0. The fourth-order valence-corrected chi connectivity index (χ4v) is 2.78. The molecule has 0 aromatic heterocycles. The van der Waals surface area contributed by atoms with Gasteiger partial charge in [0.2, 0.25) is 0 Å². The van der Waals surface area contributed by atoms with Crippen molar-refractivity contribution in [3.8, 4) is 0 Å². The van der Waals surface area contributed by atoms with Gasteiger partial charge in [-0.2, -0.15) is 0 Å². The van der Waals surface area contributed by atoms with E-state index in [0.717, 1.165) is 26.1 Å².